The summed E-state index contributed by atoms with van der Waals surface area (Å²) in [5.74, 6) is -0.412. The summed E-state index contributed by atoms with van der Waals surface area (Å²) < 4.78 is 13.7. The van der Waals surface area contributed by atoms with E-state index in [2.05, 4.69) is 5.32 Å². The predicted molar refractivity (Wildman–Crippen MR) is 125 cm³/mol. The molecule has 0 aromatic heterocycles. The molecule has 2 aromatic carbocycles. The van der Waals surface area contributed by atoms with Crippen LogP contribution in [0.5, 0.6) is 0 Å². The fourth-order valence-electron chi connectivity index (χ4n) is 3.43. The molecule has 0 bridgehead atoms. The van der Waals surface area contributed by atoms with Gasteiger partial charge in [0, 0.05) is 50.0 Å². The molecular formula is C25H34FN3O2. The highest BCUT2D eigenvalue weighted by Crippen LogP contribution is 2.27. The summed E-state index contributed by atoms with van der Waals surface area (Å²) in [6, 6.07) is 11.5. The lowest BCUT2D eigenvalue weighted by molar-refractivity contribution is -0.116. The van der Waals surface area contributed by atoms with Gasteiger partial charge >= 0.3 is 0 Å². The quantitative estimate of drug-likeness (QED) is 0.589. The topological polar surface area (TPSA) is 52.7 Å². The number of rotatable bonds is 9. The van der Waals surface area contributed by atoms with E-state index in [9.17, 15) is 14.0 Å². The van der Waals surface area contributed by atoms with Gasteiger partial charge in [0.2, 0.25) is 5.91 Å². The van der Waals surface area contributed by atoms with Gasteiger partial charge in [-0.2, -0.15) is 0 Å². The SMILES string of the molecule is CC[C@H](C)N(Cc1cc(NC(=O)CC(C)C)ccc1N(C)C)C(=O)c1cccc(F)c1. The number of hydrogen-bond donors (Lipinski definition) is 1. The van der Waals surface area contributed by atoms with Crippen molar-refractivity contribution in [1.82, 2.24) is 4.90 Å². The normalized spacial score (nSPS) is 11.9. The lowest BCUT2D eigenvalue weighted by Gasteiger charge is -2.31. The van der Waals surface area contributed by atoms with Crippen molar-refractivity contribution in [1.29, 1.82) is 0 Å². The second-order valence-corrected chi connectivity index (χ2v) is 8.58. The number of anilines is 2. The summed E-state index contributed by atoms with van der Waals surface area (Å²) >= 11 is 0. The fraction of sp³-hybridized carbons (Fsp3) is 0.440. The molecule has 6 heteroatoms. The standard InChI is InChI=1S/C25H34FN3O2/c1-7-18(4)29(25(31)19-9-8-10-21(26)14-19)16-20-15-22(11-12-23(20)28(5)6)27-24(30)13-17(2)3/h8-12,14-15,17-18H,7,13,16H2,1-6H3,(H,27,30)/t18-/m0/s1. The molecule has 1 N–H and O–H groups in total. The molecule has 2 rings (SSSR count). The lowest BCUT2D eigenvalue weighted by Crippen LogP contribution is -2.38. The van der Waals surface area contributed by atoms with Crippen molar-refractivity contribution in [2.75, 3.05) is 24.3 Å². The van der Waals surface area contributed by atoms with E-state index in [1.54, 1.807) is 17.0 Å². The van der Waals surface area contributed by atoms with Crippen LogP contribution >= 0.6 is 0 Å². The lowest BCUT2D eigenvalue weighted by atomic mass is 10.1. The van der Waals surface area contributed by atoms with Gasteiger partial charge in [0.1, 0.15) is 5.82 Å². The van der Waals surface area contributed by atoms with Crippen molar-refractivity contribution in [2.24, 2.45) is 5.92 Å². The minimum absolute atomic E-state index is 0.0341. The number of halogens is 1. The molecule has 1 atom stereocenters. The van der Waals surface area contributed by atoms with Crippen LogP contribution in [0, 0.1) is 11.7 Å². The Hall–Kier alpha value is -2.89. The number of hydrogen-bond acceptors (Lipinski definition) is 3. The number of carbonyl (C=O) groups is 2. The summed E-state index contributed by atoms with van der Waals surface area (Å²) in [6.45, 7) is 8.36. The molecular weight excluding hydrogens is 393 g/mol. The molecule has 0 unspecified atom stereocenters. The number of nitrogens with zero attached hydrogens (tertiary/aromatic N) is 2. The zero-order chi connectivity index (χ0) is 23.1. The van der Waals surface area contributed by atoms with Crippen molar-refractivity contribution in [3.05, 3.63) is 59.4 Å². The Morgan fingerprint density at radius 2 is 1.77 bits per heavy atom. The van der Waals surface area contributed by atoms with Crippen LogP contribution in [-0.2, 0) is 11.3 Å². The first-order valence-corrected chi connectivity index (χ1v) is 10.8. The molecule has 5 nitrogen and oxygen atoms in total. The first-order valence-electron chi connectivity index (χ1n) is 10.8. The highest BCUT2D eigenvalue weighted by molar-refractivity contribution is 5.94. The minimum Gasteiger partial charge on any atom is -0.377 e. The molecule has 31 heavy (non-hydrogen) atoms. The molecule has 0 saturated heterocycles. The van der Waals surface area contributed by atoms with Crippen LogP contribution in [0.4, 0.5) is 15.8 Å². The van der Waals surface area contributed by atoms with Crippen LogP contribution in [0.1, 0.15) is 56.5 Å². The van der Waals surface area contributed by atoms with Crippen LogP contribution in [0.3, 0.4) is 0 Å². The van der Waals surface area contributed by atoms with E-state index in [0.29, 0.717) is 24.2 Å². The first kappa shape index (κ1) is 24.4. The van der Waals surface area contributed by atoms with Crippen LogP contribution in [0.15, 0.2) is 42.5 Å². The van der Waals surface area contributed by atoms with Gasteiger partial charge in [0.05, 0.1) is 0 Å². The highest BCUT2D eigenvalue weighted by atomic mass is 19.1. The van der Waals surface area contributed by atoms with Crippen molar-refractivity contribution in [2.45, 2.75) is 53.1 Å². The molecule has 0 spiro atoms. The van der Waals surface area contributed by atoms with E-state index >= 15 is 0 Å². The third kappa shape index (κ3) is 6.81. The number of benzene rings is 2. The van der Waals surface area contributed by atoms with Gasteiger partial charge in [-0.15, -0.1) is 0 Å². The predicted octanol–water partition coefficient (Wildman–Crippen LogP) is 5.32. The maximum atomic E-state index is 13.7. The molecule has 0 saturated carbocycles. The highest BCUT2D eigenvalue weighted by Gasteiger charge is 2.23. The van der Waals surface area contributed by atoms with Crippen molar-refractivity contribution in [3.63, 3.8) is 0 Å². The third-order valence-corrected chi connectivity index (χ3v) is 5.23. The van der Waals surface area contributed by atoms with E-state index < -0.39 is 5.82 Å². The maximum Gasteiger partial charge on any atom is 0.254 e. The number of carbonyl (C=O) groups excluding carboxylic acids is 2. The summed E-state index contributed by atoms with van der Waals surface area (Å²) in [6.07, 6.45) is 1.21. The molecule has 168 valence electrons. The Morgan fingerprint density at radius 3 is 2.35 bits per heavy atom. The molecule has 2 amide bonds. The minimum atomic E-state index is -0.432. The first-order chi connectivity index (χ1) is 14.6. The second-order valence-electron chi connectivity index (χ2n) is 8.58. The van der Waals surface area contributed by atoms with Gasteiger partial charge in [0.15, 0.2) is 0 Å². The molecule has 2 aromatic rings. The maximum absolute atomic E-state index is 13.7. The number of amides is 2. The van der Waals surface area contributed by atoms with Crippen molar-refractivity contribution < 1.29 is 14.0 Å². The Labute approximate surface area is 185 Å². The zero-order valence-corrected chi connectivity index (χ0v) is 19.4. The monoisotopic (exact) mass is 427 g/mol. The van der Waals surface area contributed by atoms with E-state index in [0.717, 1.165) is 17.7 Å². The molecule has 0 heterocycles. The van der Waals surface area contributed by atoms with Crippen LogP contribution in [0.25, 0.3) is 0 Å². The van der Waals surface area contributed by atoms with Gasteiger partial charge in [-0.05, 0) is 61.2 Å². The second kappa shape index (κ2) is 10.9. The van der Waals surface area contributed by atoms with Gasteiger partial charge in [-0.3, -0.25) is 9.59 Å². The Balaban J connectivity index is 2.38. The largest absolute Gasteiger partial charge is 0.377 e. The van der Waals surface area contributed by atoms with Gasteiger partial charge < -0.3 is 15.1 Å². The van der Waals surface area contributed by atoms with E-state index in [-0.39, 0.29) is 23.8 Å². The van der Waals surface area contributed by atoms with Crippen LogP contribution < -0.4 is 10.2 Å². The van der Waals surface area contributed by atoms with Crippen molar-refractivity contribution in [3.8, 4) is 0 Å². The van der Waals surface area contributed by atoms with E-state index in [1.807, 2.05) is 64.9 Å². The fourth-order valence-corrected chi connectivity index (χ4v) is 3.43. The van der Waals surface area contributed by atoms with E-state index in [1.165, 1.54) is 12.1 Å². The third-order valence-electron chi connectivity index (χ3n) is 5.23. The van der Waals surface area contributed by atoms with Crippen molar-refractivity contribution >= 4 is 23.2 Å². The molecule has 0 radical (unpaired) electrons. The smallest absolute Gasteiger partial charge is 0.254 e. The Bertz CT molecular complexity index is 911. The number of nitrogens with one attached hydrogen (secondary N) is 1. The molecule has 0 aliphatic rings. The van der Waals surface area contributed by atoms with Gasteiger partial charge in [-0.25, -0.2) is 4.39 Å². The van der Waals surface area contributed by atoms with Crippen LogP contribution in [0.2, 0.25) is 0 Å². The zero-order valence-electron chi connectivity index (χ0n) is 19.4. The van der Waals surface area contributed by atoms with Gasteiger partial charge in [-0.1, -0.05) is 26.8 Å². The average molecular weight is 428 g/mol. The molecule has 0 aliphatic carbocycles. The van der Waals surface area contributed by atoms with E-state index in [4.69, 9.17) is 0 Å². The average Bonchev–Trinajstić information content (AvgIpc) is 2.70. The summed E-state index contributed by atoms with van der Waals surface area (Å²) in [5, 5.41) is 2.95. The van der Waals surface area contributed by atoms with Gasteiger partial charge in [0.25, 0.3) is 5.91 Å². The summed E-state index contributed by atoms with van der Waals surface area (Å²) in [4.78, 5) is 29.2. The Morgan fingerprint density at radius 1 is 1.06 bits per heavy atom. The molecule has 0 fully saturated rings. The Kier molecular flexibility index (Phi) is 8.60. The molecule has 0 aliphatic heterocycles. The van der Waals surface area contributed by atoms with Crippen LogP contribution in [-0.4, -0.2) is 36.9 Å². The summed E-state index contributed by atoms with van der Waals surface area (Å²) in [5.41, 5.74) is 2.90. The summed E-state index contributed by atoms with van der Waals surface area (Å²) in [7, 11) is 3.88.